The molecule has 0 spiro atoms. The summed E-state index contributed by atoms with van der Waals surface area (Å²) in [5.41, 5.74) is 5.38. The van der Waals surface area contributed by atoms with Crippen LogP contribution < -0.4 is 10.2 Å². The second-order valence-corrected chi connectivity index (χ2v) is 10.4. The van der Waals surface area contributed by atoms with Gasteiger partial charge in [0.15, 0.2) is 5.78 Å². The smallest absolute Gasteiger partial charge is 0.233 e. The van der Waals surface area contributed by atoms with E-state index in [1.807, 2.05) is 53.9 Å². The van der Waals surface area contributed by atoms with Gasteiger partial charge in [0.25, 0.3) is 0 Å². The number of hydrogen-bond acceptors (Lipinski definition) is 5. The molecule has 2 aromatic carbocycles. The number of nitrogens with zero attached hydrogens (tertiary/aromatic N) is 1. The first kappa shape index (κ1) is 22.6. The van der Waals surface area contributed by atoms with E-state index in [1.54, 1.807) is 22.5 Å². The van der Waals surface area contributed by atoms with E-state index in [2.05, 4.69) is 36.5 Å². The van der Waals surface area contributed by atoms with Crippen molar-refractivity contribution >= 4 is 34.4 Å². The Morgan fingerprint density at radius 1 is 1.03 bits per heavy atom. The third kappa shape index (κ3) is 4.07. The van der Waals surface area contributed by atoms with Crippen molar-refractivity contribution in [3.8, 4) is 0 Å². The number of carbonyl (C=O) groups excluding carboxylic acids is 2. The molecule has 1 aliphatic carbocycles. The quantitative estimate of drug-likeness (QED) is 0.339. The minimum Gasteiger partial charge on any atom is -0.467 e. The molecular weight excluding hydrogens is 468 g/mol. The minimum atomic E-state index is -0.634. The Morgan fingerprint density at radius 3 is 2.61 bits per heavy atom. The lowest BCUT2D eigenvalue weighted by Crippen LogP contribution is -2.39. The zero-order chi connectivity index (χ0) is 24.6. The molecular formula is C30H26N2O3S. The number of benzene rings is 2. The second-order valence-electron chi connectivity index (χ2n) is 9.41. The highest BCUT2D eigenvalue weighted by Crippen LogP contribution is 2.47. The summed E-state index contributed by atoms with van der Waals surface area (Å²) in [5.74, 6) is 0.623. The van der Waals surface area contributed by atoms with Gasteiger partial charge in [0.1, 0.15) is 11.8 Å². The number of nitrogens with one attached hydrogen (secondary N) is 1. The lowest BCUT2D eigenvalue weighted by atomic mass is 9.79. The molecule has 0 saturated carbocycles. The maximum atomic E-state index is 13.9. The van der Waals surface area contributed by atoms with Crippen molar-refractivity contribution < 1.29 is 14.0 Å². The molecule has 2 aliphatic rings. The summed E-state index contributed by atoms with van der Waals surface area (Å²) in [4.78, 5) is 30.6. The monoisotopic (exact) mass is 494 g/mol. The number of hydrogen-bond donors (Lipinski definition) is 1. The summed E-state index contributed by atoms with van der Waals surface area (Å²) in [7, 11) is 0. The van der Waals surface area contributed by atoms with Gasteiger partial charge in [-0.05, 0) is 60.5 Å². The molecule has 6 rings (SSSR count). The van der Waals surface area contributed by atoms with Crippen molar-refractivity contribution in [2.75, 3.05) is 10.2 Å². The van der Waals surface area contributed by atoms with E-state index in [4.69, 9.17) is 4.42 Å². The van der Waals surface area contributed by atoms with E-state index in [-0.39, 0.29) is 24.0 Å². The Hall–Kier alpha value is -3.90. The highest BCUT2D eigenvalue weighted by Gasteiger charge is 2.42. The van der Waals surface area contributed by atoms with Crippen LogP contribution in [0.4, 0.5) is 11.4 Å². The van der Waals surface area contributed by atoms with Gasteiger partial charge in [-0.3, -0.25) is 14.5 Å². The number of allylic oxidation sites excluding steroid dienone is 1. The van der Waals surface area contributed by atoms with Gasteiger partial charge in [-0.1, -0.05) is 48.0 Å². The number of rotatable bonds is 4. The van der Waals surface area contributed by atoms with E-state index in [1.165, 1.54) is 5.56 Å². The van der Waals surface area contributed by atoms with Crippen molar-refractivity contribution in [1.29, 1.82) is 0 Å². The topological polar surface area (TPSA) is 62.6 Å². The average molecular weight is 495 g/mol. The highest BCUT2D eigenvalue weighted by molar-refractivity contribution is 7.10. The number of Topliss-reactive ketones (excluding diaryl/α,β-unsaturated/α-hetero) is 1. The maximum Gasteiger partial charge on any atom is 0.233 e. The van der Waals surface area contributed by atoms with Crippen LogP contribution >= 0.6 is 11.3 Å². The van der Waals surface area contributed by atoms with Gasteiger partial charge in [0.2, 0.25) is 5.91 Å². The number of thiophene rings is 1. The fourth-order valence-corrected chi connectivity index (χ4v) is 6.00. The molecule has 1 N–H and O–H groups in total. The number of fused-ring (bicyclic) bond motifs is 1. The third-order valence-corrected chi connectivity index (χ3v) is 7.90. The molecule has 3 heterocycles. The van der Waals surface area contributed by atoms with Crippen LogP contribution in [0.15, 0.2) is 100 Å². The molecule has 5 nitrogen and oxygen atoms in total. The number of ketones is 1. The summed E-state index contributed by atoms with van der Waals surface area (Å²) in [5, 5.41) is 5.54. The molecule has 1 aliphatic heterocycles. The van der Waals surface area contributed by atoms with Crippen molar-refractivity contribution in [3.63, 3.8) is 0 Å². The lowest BCUT2D eigenvalue weighted by Gasteiger charge is -2.33. The predicted octanol–water partition coefficient (Wildman–Crippen LogP) is 6.79. The van der Waals surface area contributed by atoms with Gasteiger partial charge < -0.3 is 9.73 Å². The van der Waals surface area contributed by atoms with Crippen LogP contribution in [0.1, 0.15) is 46.6 Å². The lowest BCUT2D eigenvalue weighted by molar-refractivity contribution is -0.118. The van der Waals surface area contributed by atoms with Crippen LogP contribution in [0.3, 0.4) is 0 Å². The standard InChI is InChI=1S/C30H26N2O3S/c1-19-10-12-20(13-11-19)21-16-24-29(26(33)17-21)30(27-9-4-14-35-27)32(25-8-3-2-7-23(25)31-24)28(34)18-22-6-5-15-36-22/h2-15,21,30-31H,16-18H2,1H3/t21-,30-/m1/s1. The number of para-hydroxylation sites is 2. The number of anilines is 2. The number of aryl methyl sites for hydroxylation is 1. The van der Waals surface area contributed by atoms with Crippen LogP contribution in [0.5, 0.6) is 0 Å². The first-order chi connectivity index (χ1) is 17.6. The van der Waals surface area contributed by atoms with Gasteiger partial charge in [-0.15, -0.1) is 11.3 Å². The minimum absolute atomic E-state index is 0.0393. The maximum absolute atomic E-state index is 13.9. The molecule has 0 fully saturated rings. The highest BCUT2D eigenvalue weighted by atomic mass is 32.1. The fraction of sp³-hybridized carbons (Fsp3) is 0.200. The van der Waals surface area contributed by atoms with E-state index < -0.39 is 6.04 Å². The summed E-state index contributed by atoms with van der Waals surface area (Å²) in [6.45, 7) is 2.07. The first-order valence-electron chi connectivity index (χ1n) is 12.1. The van der Waals surface area contributed by atoms with Crippen LogP contribution in [-0.2, 0) is 16.0 Å². The molecule has 6 heteroatoms. The fourth-order valence-electron chi connectivity index (χ4n) is 5.30. The molecule has 4 aromatic rings. The number of amides is 1. The van der Waals surface area contributed by atoms with Crippen LogP contribution in [0, 0.1) is 6.92 Å². The second kappa shape index (κ2) is 9.28. The van der Waals surface area contributed by atoms with Crippen LogP contribution in [0.25, 0.3) is 0 Å². The Kier molecular flexibility index (Phi) is 5.82. The normalized spacial score (nSPS) is 19.4. The van der Waals surface area contributed by atoms with Crippen molar-refractivity contribution in [3.05, 3.63) is 117 Å². The van der Waals surface area contributed by atoms with Gasteiger partial charge in [0.05, 0.1) is 24.1 Å². The molecule has 0 unspecified atom stereocenters. The third-order valence-electron chi connectivity index (χ3n) is 7.02. The summed E-state index contributed by atoms with van der Waals surface area (Å²) in [6.07, 6.45) is 2.93. The molecule has 180 valence electrons. The van der Waals surface area contributed by atoms with Crippen molar-refractivity contribution in [1.82, 2.24) is 0 Å². The zero-order valence-electron chi connectivity index (χ0n) is 19.9. The van der Waals surface area contributed by atoms with E-state index in [0.29, 0.717) is 24.2 Å². The largest absolute Gasteiger partial charge is 0.467 e. The zero-order valence-corrected chi connectivity index (χ0v) is 20.8. The molecule has 1 amide bonds. The summed E-state index contributed by atoms with van der Waals surface area (Å²) < 4.78 is 5.88. The molecule has 2 atom stereocenters. The number of carbonyl (C=O) groups is 2. The van der Waals surface area contributed by atoms with Gasteiger partial charge in [0, 0.05) is 22.6 Å². The summed E-state index contributed by atoms with van der Waals surface area (Å²) >= 11 is 1.56. The SMILES string of the molecule is Cc1ccc([C@H]2CC(=O)C3=C(C2)Nc2ccccc2N(C(=O)Cc2cccs2)[C@@H]3c2ccco2)cc1. The average Bonchev–Trinajstić information content (AvgIpc) is 3.56. The Labute approximate surface area is 214 Å². The van der Waals surface area contributed by atoms with Gasteiger partial charge in [-0.2, -0.15) is 0 Å². The molecule has 0 bridgehead atoms. The Morgan fingerprint density at radius 2 is 1.86 bits per heavy atom. The van der Waals surface area contributed by atoms with Crippen molar-refractivity contribution in [2.45, 2.75) is 38.1 Å². The van der Waals surface area contributed by atoms with E-state index in [0.717, 1.165) is 27.5 Å². The first-order valence-corrected chi connectivity index (χ1v) is 13.0. The van der Waals surface area contributed by atoms with Crippen molar-refractivity contribution in [2.24, 2.45) is 0 Å². The molecule has 36 heavy (non-hydrogen) atoms. The summed E-state index contributed by atoms with van der Waals surface area (Å²) in [6, 6.07) is 23.1. The molecule has 0 radical (unpaired) electrons. The van der Waals surface area contributed by atoms with Crippen LogP contribution in [0.2, 0.25) is 0 Å². The molecule has 0 saturated heterocycles. The molecule has 2 aromatic heterocycles. The van der Waals surface area contributed by atoms with Gasteiger partial charge in [-0.25, -0.2) is 0 Å². The number of furan rings is 1. The Balaban J connectivity index is 1.49. The predicted molar refractivity (Wildman–Crippen MR) is 142 cm³/mol. The van der Waals surface area contributed by atoms with Crippen LogP contribution in [-0.4, -0.2) is 11.7 Å². The van der Waals surface area contributed by atoms with E-state index >= 15 is 0 Å². The van der Waals surface area contributed by atoms with E-state index in [9.17, 15) is 9.59 Å². The van der Waals surface area contributed by atoms with Gasteiger partial charge >= 0.3 is 0 Å². The Bertz CT molecular complexity index is 1440.